The highest BCUT2D eigenvalue weighted by Crippen LogP contribution is 2.13. The van der Waals surface area contributed by atoms with Crippen LogP contribution in [0, 0.1) is 12.3 Å². The molecule has 83 valence electrons. The van der Waals surface area contributed by atoms with Crippen LogP contribution in [0.5, 0.6) is 0 Å². The Morgan fingerprint density at radius 1 is 1.44 bits per heavy atom. The lowest BCUT2D eigenvalue weighted by Gasteiger charge is -2.06. The molecule has 0 saturated heterocycles. The molecule has 2 N–H and O–H groups in total. The van der Waals surface area contributed by atoms with Gasteiger partial charge < -0.3 is 5.11 Å². The van der Waals surface area contributed by atoms with Crippen LogP contribution in [0.4, 0.5) is 0 Å². The molecule has 0 fully saturated rings. The topological polar surface area (TPSA) is 83.5 Å². The van der Waals surface area contributed by atoms with E-state index in [0.29, 0.717) is 0 Å². The largest absolute Gasteiger partial charge is 0.480 e. The van der Waals surface area contributed by atoms with E-state index in [1.165, 1.54) is 18.2 Å². The molecule has 1 aromatic rings. The second-order valence-corrected chi connectivity index (χ2v) is 4.57. The third kappa shape index (κ3) is 2.82. The molecule has 1 rings (SSSR count). The van der Waals surface area contributed by atoms with Gasteiger partial charge in [-0.15, -0.1) is 0 Å². The van der Waals surface area contributed by atoms with Gasteiger partial charge in [0, 0.05) is 5.56 Å². The van der Waals surface area contributed by atoms with Gasteiger partial charge >= 0.3 is 5.97 Å². The van der Waals surface area contributed by atoms with Crippen molar-refractivity contribution in [1.82, 2.24) is 4.72 Å². The van der Waals surface area contributed by atoms with E-state index < -0.39 is 22.5 Å². The SMILES string of the molecule is [C]#Cc1ccccc1S(=O)(=O)NCC(=O)O. The number of carboxylic acid groups (broad SMARTS) is 1. The molecular formula is C10H8NO4S. The van der Waals surface area contributed by atoms with Crippen molar-refractivity contribution < 1.29 is 18.3 Å². The maximum atomic E-state index is 11.6. The quantitative estimate of drug-likeness (QED) is 0.722. The summed E-state index contributed by atoms with van der Waals surface area (Å²) in [4.78, 5) is 10.1. The number of benzene rings is 1. The number of carbonyl (C=O) groups is 1. The van der Waals surface area contributed by atoms with Gasteiger partial charge in [0.25, 0.3) is 0 Å². The summed E-state index contributed by atoms with van der Waals surface area (Å²) in [6.45, 7) is -0.700. The van der Waals surface area contributed by atoms with E-state index in [4.69, 9.17) is 11.5 Å². The Morgan fingerprint density at radius 3 is 2.62 bits per heavy atom. The molecule has 0 heterocycles. The molecule has 0 bridgehead atoms. The molecule has 0 aliphatic carbocycles. The van der Waals surface area contributed by atoms with Gasteiger partial charge in [-0.1, -0.05) is 18.1 Å². The normalized spacial score (nSPS) is 10.7. The van der Waals surface area contributed by atoms with Gasteiger partial charge in [0.05, 0.1) is 4.90 Å². The molecule has 1 radical (unpaired) electrons. The average Bonchev–Trinajstić information content (AvgIpc) is 2.26. The predicted molar refractivity (Wildman–Crippen MR) is 55.5 cm³/mol. The van der Waals surface area contributed by atoms with Gasteiger partial charge in [-0.3, -0.25) is 4.79 Å². The number of nitrogens with one attached hydrogen (secondary N) is 1. The zero-order valence-electron chi connectivity index (χ0n) is 8.10. The van der Waals surface area contributed by atoms with Gasteiger partial charge in [-0.2, -0.15) is 4.72 Å². The Balaban J connectivity index is 3.08. The van der Waals surface area contributed by atoms with Gasteiger partial charge in [0.1, 0.15) is 6.54 Å². The Kier molecular flexibility index (Phi) is 3.66. The van der Waals surface area contributed by atoms with Gasteiger partial charge in [0.15, 0.2) is 0 Å². The van der Waals surface area contributed by atoms with Crippen LogP contribution in [0.25, 0.3) is 0 Å². The first-order valence-electron chi connectivity index (χ1n) is 4.20. The molecule has 0 amide bonds. The van der Waals surface area contributed by atoms with Crippen LogP contribution in [0.2, 0.25) is 0 Å². The lowest BCUT2D eigenvalue weighted by Crippen LogP contribution is -2.29. The molecule has 1 aromatic carbocycles. The highest BCUT2D eigenvalue weighted by molar-refractivity contribution is 7.89. The number of rotatable bonds is 4. The van der Waals surface area contributed by atoms with Crippen LogP contribution in [-0.2, 0) is 14.8 Å². The fourth-order valence-electron chi connectivity index (χ4n) is 1.04. The number of hydrogen-bond acceptors (Lipinski definition) is 3. The summed E-state index contributed by atoms with van der Waals surface area (Å²) in [6, 6.07) is 5.73. The second kappa shape index (κ2) is 4.79. The number of sulfonamides is 1. The maximum Gasteiger partial charge on any atom is 0.318 e. The van der Waals surface area contributed by atoms with Crippen molar-refractivity contribution in [1.29, 1.82) is 0 Å². The smallest absolute Gasteiger partial charge is 0.318 e. The molecule has 0 atom stereocenters. The Hall–Kier alpha value is -1.84. The average molecular weight is 238 g/mol. The van der Waals surface area contributed by atoms with E-state index in [0.717, 1.165) is 0 Å². The molecule has 0 saturated carbocycles. The molecular weight excluding hydrogens is 230 g/mol. The Morgan fingerprint density at radius 2 is 2.06 bits per heavy atom. The van der Waals surface area contributed by atoms with Crippen molar-refractivity contribution >= 4 is 16.0 Å². The molecule has 0 unspecified atom stereocenters. The van der Waals surface area contributed by atoms with Crippen molar-refractivity contribution in [3.8, 4) is 5.92 Å². The van der Waals surface area contributed by atoms with E-state index in [9.17, 15) is 13.2 Å². The van der Waals surface area contributed by atoms with Gasteiger partial charge in [-0.05, 0) is 18.6 Å². The predicted octanol–water partition coefficient (Wildman–Crippen LogP) is -0.0126. The van der Waals surface area contributed by atoms with E-state index >= 15 is 0 Å². The van der Waals surface area contributed by atoms with E-state index in [-0.39, 0.29) is 10.5 Å². The third-order valence-electron chi connectivity index (χ3n) is 1.72. The van der Waals surface area contributed by atoms with Crippen LogP contribution in [0.3, 0.4) is 0 Å². The zero-order chi connectivity index (χ0) is 12.2. The van der Waals surface area contributed by atoms with Crippen LogP contribution >= 0.6 is 0 Å². The van der Waals surface area contributed by atoms with E-state index in [2.05, 4.69) is 0 Å². The van der Waals surface area contributed by atoms with Crippen LogP contribution < -0.4 is 4.72 Å². The second-order valence-electron chi connectivity index (χ2n) is 2.84. The molecule has 0 aliphatic rings. The van der Waals surface area contributed by atoms with Crippen LogP contribution in [-0.4, -0.2) is 26.0 Å². The van der Waals surface area contributed by atoms with Crippen molar-refractivity contribution in [2.45, 2.75) is 4.90 Å². The monoisotopic (exact) mass is 238 g/mol. The molecule has 0 aliphatic heterocycles. The summed E-state index contributed by atoms with van der Waals surface area (Å²) >= 11 is 0. The fraction of sp³-hybridized carbons (Fsp3) is 0.100. The minimum Gasteiger partial charge on any atom is -0.480 e. The first kappa shape index (κ1) is 12.2. The minimum atomic E-state index is -3.91. The number of aliphatic carboxylic acids is 1. The highest BCUT2D eigenvalue weighted by Gasteiger charge is 2.17. The Bertz CT molecular complexity index is 542. The summed E-state index contributed by atoms with van der Waals surface area (Å²) in [6.07, 6.45) is 6.92. The van der Waals surface area contributed by atoms with Crippen molar-refractivity contribution in [3.63, 3.8) is 0 Å². The Labute approximate surface area is 93.2 Å². The summed E-state index contributed by atoms with van der Waals surface area (Å²) in [5.74, 6) is 0.695. The third-order valence-corrected chi connectivity index (χ3v) is 3.18. The van der Waals surface area contributed by atoms with E-state index in [1.807, 2.05) is 10.6 Å². The van der Waals surface area contributed by atoms with Crippen molar-refractivity contribution in [2.24, 2.45) is 0 Å². The minimum absolute atomic E-state index is 0.0837. The summed E-state index contributed by atoms with van der Waals surface area (Å²) < 4.78 is 25.1. The molecule has 5 nitrogen and oxygen atoms in total. The molecule has 0 aromatic heterocycles. The van der Waals surface area contributed by atoms with Gasteiger partial charge in [0.2, 0.25) is 10.0 Å². The summed E-state index contributed by atoms with van der Waals surface area (Å²) in [5.41, 5.74) is 0.0837. The van der Waals surface area contributed by atoms with E-state index in [1.54, 1.807) is 6.07 Å². The first-order chi connectivity index (χ1) is 7.47. The standard InChI is InChI=1S/C10H8NO4S/c1-2-8-5-3-4-6-9(8)16(14,15)11-7-10(12)13/h3-6,11H,7H2,(H,12,13). The highest BCUT2D eigenvalue weighted by atomic mass is 32.2. The molecule has 16 heavy (non-hydrogen) atoms. The van der Waals surface area contributed by atoms with Crippen LogP contribution in [0.15, 0.2) is 29.2 Å². The maximum absolute atomic E-state index is 11.6. The number of hydrogen-bond donors (Lipinski definition) is 2. The lowest BCUT2D eigenvalue weighted by atomic mass is 10.2. The first-order valence-corrected chi connectivity index (χ1v) is 5.69. The number of carboxylic acids is 1. The van der Waals surface area contributed by atoms with Crippen molar-refractivity contribution in [2.75, 3.05) is 6.54 Å². The van der Waals surface area contributed by atoms with Gasteiger partial charge in [-0.25, -0.2) is 8.42 Å². The molecule has 0 spiro atoms. The summed E-state index contributed by atoms with van der Waals surface area (Å²) in [5, 5.41) is 8.37. The fourth-order valence-corrected chi connectivity index (χ4v) is 2.17. The summed E-state index contributed by atoms with van der Waals surface area (Å²) in [7, 11) is -3.91. The zero-order valence-corrected chi connectivity index (χ0v) is 8.91. The van der Waals surface area contributed by atoms with Crippen molar-refractivity contribution in [3.05, 3.63) is 36.3 Å². The van der Waals surface area contributed by atoms with Crippen LogP contribution in [0.1, 0.15) is 5.56 Å². The molecule has 6 heteroatoms. The lowest BCUT2D eigenvalue weighted by molar-refractivity contribution is -0.135.